The van der Waals surface area contributed by atoms with Gasteiger partial charge in [-0.25, -0.2) is 0 Å². The van der Waals surface area contributed by atoms with Gasteiger partial charge in [-0.3, -0.25) is 0 Å². The van der Waals surface area contributed by atoms with Crippen LogP contribution in [-0.4, -0.2) is 4.83 Å². The fourth-order valence-electron chi connectivity index (χ4n) is 0.997. The average molecular weight is 207 g/mol. The Balaban J connectivity index is 2.89. The molecule has 0 nitrogen and oxygen atoms in total. The normalized spacial score (nSPS) is 13.5. The molecule has 0 spiro atoms. The second kappa shape index (κ2) is 7.59. The van der Waals surface area contributed by atoms with Crippen molar-refractivity contribution in [1.82, 2.24) is 0 Å². The zero-order chi connectivity index (χ0) is 7.82. The lowest BCUT2D eigenvalue weighted by Crippen LogP contribution is -1.93. The van der Waals surface area contributed by atoms with Gasteiger partial charge < -0.3 is 0 Å². The van der Waals surface area contributed by atoms with Crippen molar-refractivity contribution in [3.05, 3.63) is 0 Å². The van der Waals surface area contributed by atoms with Crippen molar-refractivity contribution < 1.29 is 0 Å². The molecule has 0 rings (SSSR count). The molecule has 0 radical (unpaired) electrons. The predicted molar refractivity (Wildman–Crippen MR) is 51.8 cm³/mol. The van der Waals surface area contributed by atoms with Crippen molar-refractivity contribution in [2.45, 2.75) is 57.2 Å². The average Bonchev–Trinajstić information content (AvgIpc) is 1.98. The largest absolute Gasteiger partial charge is 0.0891 e. The van der Waals surface area contributed by atoms with Crippen LogP contribution in [0, 0.1) is 0 Å². The first kappa shape index (κ1) is 10.5. The van der Waals surface area contributed by atoms with E-state index >= 15 is 0 Å². The van der Waals surface area contributed by atoms with E-state index in [1.165, 1.54) is 38.5 Å². The second-order valence-electron chi connectivity index (χ2n) is 2.85. The van der Waals surface area contributed by atoms with Gasteiger partial charge in [0.25, 0.3) is 0 Å². The Morgan fingerprint density at radius 2 is 1.80 bits per heavy atom. The molecule has 1 atom stereocenters. The maximum atomic E-state index is 3.63. The minimum atomic E-state index is 0.768. The van der Waals surface area contributed by atoms with Crippen molar-refractivity contribution in [2.75, 3.05) is 0 Å². The number of hydrogen-bond donors (Lipinski definition) is 0. The van der Waals surface area contributed by atoms with Crippen molar-refractivity contribution in [3.63, 3.8) is 0 Å². The fraction of sp³-hybridized carbons (Fsp3) is 1.00. The molecular weight excluding hydrogens is 188 g/mol. The van der Waals surface area contributed by atoms with Crippen LogP contribution in [0.15, 0.2) is 0 Å². The third kappa shape index (κ3) is 6.60. The molecule has 62 valence electrons. The van der Waals surface area contributed by atoms with Gasteiger partial charge in [0.2, 0.25) is 0 Å². The van der Waals surface area contributed by atoms with Crippen LogP contribution < -0.4 is 0 Å². The van der Waals surface area contributed by atoms with E-state index in [4.69, 9.17) is 0 Å². The van der Waals surface area contributed by atoms with E-state index in [-0.39, 0.29) is 0 Å². The molecule has 0 amide bonds. The molecule has 0 bridgehead atoms. The first-order chi connectivity index (χ1) is 4.81. The maximum Gasteiger partial charge on any atom is 0.0143 e. The van der Waals surface area contributed by atoms with E-state index < -0.39 is 0 Å². The molecule has 0 aromatic rings. The maximum absolute atomic E-state index is 3.63. The van der Waals surface area contributed by atoms with E-state index in [9.17, 15) is 0 Å². The Kier molecular flexibility index (Phi) is 7.95. The number of halogens is 1. The summed E-state index contributed by atoms with van der Waals surface area (Å²) in [5.41, 5.74) is 0. The minimum absolute atomic E-state index is 0.768. The zero-order valence-electron chi connectivity index (χ0n) is 7.20. The quantitative estimate of drug-likeness (QED) is 0.453. The Morgan fingerprint density at radius 3 is 2.30 bits per heavy atom. The van der Waals surface area contributed by atoms with Gasteiger partial charge in [0, 0.05) is 4.83 Å². The summed E-state index contributed by atoms with van der Waals surface area (Å²) in [6.45, 7) is 4.49. The van der Waals surface area contributed by atoms with Crippen LogP contribution in [0.25, 0.3) is 0 Å². The summed E-state index contributed by atoms with van der Waals surface area (Å²) in [5, 5.41) is 0. The summed E-state index contributed by atoms with van der Waals surface area (Å²) in [5.74, 6) is 0. The molecule has 0 aliphatic carbocycles. The van der Waals surface area contributed by atoms with Crippen LogP contribution >= 0.6 is 15.9 Å². The lowest BCUT2D eigenvalue weighted by atomic mass is 10.1. The van der Waals surface area contributed by atoms with Crippen LogP contribution in [0.1, 0.15) is 52.4 Å². The first-order valence-corrected chi connectivity index (χ1v) is 5.36. The Hall–Kier alpha value is 0.480. The summed E-state index contributed by atoms with van der Waals surface area (Å²) in [6, 6.07) is 0. The Bertz CT molecular complexity index is 61.7. The van der Waals surface area contributed by atoms with Gasteiger partial charge in [-0.1, -0.05) is 55.5 Å². The van der Waals surface area contributed by atoms with E-state index in [2.05, 4.69) is 29.8 Å². The number of unbranched alkanes of at least 4 members (excludes halogenated alkanes) is 3. The minimum Gasteiger partial charge on any atom is -0.0891 e. The van der Waals surface area contributed by atoms with Crippen molar-refractivity contribution in [2.24, 2.45) is 0 Å². The Labute approximate surface area is 73.5 Å². The monoisotopic (exact) mass is 206 g/mol. The van der Waals surface area contributed by atoms with Gasteiger partial charge in [-0.2, -0.15) is 0 Å². The second-order valence-corrected chi connectivity index (χ2v) is 4.15. The standard InChI is InChI=1S/C9H19Br/c1-3-5-6-7-8-9(10)4-2/h9H,3-8H2,1-2H3/t9-/m1/s1. The summed E-state index contributed by atoms with van der Waals surface area (Å²) in [6.07, 6.45) is 8.20. The van der Waals surface area contributed by atoms with E-state index in [1.54, 1.807) is 0 Å². The summed E-state index contributed by atoms with van der Waals surface area (Å²) in [7, 11) is 0. The summed E-state index contributed by atoms with van der Waals surface area (Å²) in [4.78, 5) is 0.768. The third-order valence-corrected chi connectivity index (χ3v) is 2.92. The smallest absolute Gasteiger partial charge is 0.0143 e. The number of rotatable bonds is 6. The molecule has 0 aromatic carbocycles. The van der Waals surface area contributed by atoms with Gasteiger partial charge in [0.05, 0.1) is 0 Å². The molecule has 10 heavy (non-hydrogen) atoms. The van der Waals surface area contributed by atoms with Gasteiger partial charge in [-0.15, -0.1) is 0 Å². The van der Waals surface area contributed by atoms with Crippen LogP contribution in [0.2, 0.25) is 0 Å². The molecule has 0 heterocycles. The lowest BCUT2D eigenvalue weighted by Gasteiger charge is -2.04. The van der Waals surface area contributed by atoms with Crippen LogP contribution in [-0.2, 0) is 0 Å². The zero-order valence-corrected chi connectivity index (χ0v) is 8.78. The molecule has 0 saturated carbocycles. The van der Waals surface area contributed by atoms with Crippen molar-refractivity contribution in [1.29, 1.82) is 0 Å². The van der Waals surface area contributed by atoms with E-state index in [0.29, 0.717) is 0 Å². The van der Waals surface area contributed by atoms with Crippen LogP contribution in [0.4, 0.5) is 0 Å². The van der Waals surface area contributed by atoms with Crippen molar-refractivity contribution >= 4 is 15.9 Å². The topological polar surface area (TPSA) is 0 Å². The Morgan fingerprint density at radius 1 is 1.10 bits per heavy atom. The first-order valence-electron chi connectivity index (χ1n) is 4.45. The molecule has 0 aliphatic heterocycles. The predicted octanol–water partition coefficient (Wildman–Crippen LogP) is 4.13. The van der Waals surface area contributed by atoms with E-state index in [1.807, 2.05) is 0 Å². The third-order valence-electron chi connectivity index (χ3n) is 1.81. The summed E-state index contributed by atoms with van der Waals surface area (Å²) >= 11 is 3.63. The lowest BCUT2D eigenvalue weighted by molar-refractivity contribution is 0.615. The van der Waals surface area contributed by atoms with Gasteiger partial charge in [0.1, 0.15) is 0 Å². The highest BCUT2D eigenvalue weighted by Crippen LogP contribution is 2.14. The molecule has 0 aliphatic rings. The van der Waals surface area contributed by atoms with Crippen molar-refractivity contribution in [3.8, 4) is 0 Å². The molecule has 1 heteroatoms. The molecular formula is C9H19Br. The SMILES string of the molecule is CCCCCC[C@H](Br)CC. The molecule has 0 aromatic heterocycles. The highest BCUT2D eigenvalue weighted by Gasteiger charge is 1.98. The molecule has 0 unspecified atom stereocenters. The molecule has 0 N–H and O–H groups in total. The van der Waals surface area contributed by atoms with Gasteiger partial charge in [0.15, 0.2) is 0 Å². The van der Waals surface area contributed by atoms with E-state index in [0.717, 1.165) is 4.83 Å². The summed E-state index contributed by atoms with van der Waals surface area (Å²) < 4.78 is 0. The van der Waals surface area contributed by atoms with Crippen LogP contribution in [0.3, 0.4) is 0 Å². The van der Waals surface area contributed by atoms with Gasteiger partial charge >= 0.3 is 0 Å². The number of hydrogen-bond acceptors (Lipinski definition) is 0. The van der Waals surface area contributed by atoms with Crippen LogP contribution in [0.5, 0.6) is 0 Å². The highest BCUT2D eigenvalue weighted by atomic mass is 79.9. The fourth-order valence-corrected chi connectivity index (χ4v) is 1.32. The molecule has 0 saturated heterocycles. The number of alkyl halides is 1. The van der Waals surface area contributed by atoms with Gasteiger partial charge in [-0.05, 0) is 12.8 Å². The highest BCUT2D eigenvalue weighted by molar-refractivity contribution is 9.09. The molecule has 0 fully saturated rings.